The van der Waals surface area contributed by atoms with Crippen LogP contribution in [-0.2, 0) is 0 Å². The average Bonchev–Trinajstić information content (AvgIpc) is 2.46. The molecule has 3 heteroatoms. The molecular weight excluding hydrogens is 252 g/mol. The number of thiophene rings is 1. The van der Waals surface area contributed by atoms with E-state index < -0.39 is 0 Å². The predicted molar refractivity (Wildman–Crippen MR) is 61.3 cm³/mol. The first-order valence-corrected chi connectivity index (χ1v) is 6.42. The van der Waals surface area contributed by atoms with Gasteiger partial charge in [-0.15, -0.1) is 23.1 Å². The minimum absolute atomic E-state index is 1.16. The Labute approximate surface area is 88.1 Å². The van der Waals surface area contributed by atoms with Crippen molar-refractivity contribution < 1.29 is 0 Å². The van der Waals surface area contributed by atoms with E-state index >= 15 is 0 Å². The van der Waals surface area contributed by atoms with E-state index in [2.05, 4.69) is 45.8 Å². The third kappa shape index (κ3) is 1.41. The molecule has 0 saturated heterocycles. The largest absolute Gasteiger partial charge is 0.143 e. The van der Waals surface area contributed by atoms with Gasteiger partial charge >= 0.3 is 0 Å². The van der Waals surface area contributed by atoms with Crippen LogP contribution in [0.1, 0.15) is 0 Å². The van der Waals surface area contributed by atoms with Crippen LogP contribution in [0.3, 0.4) is 0 Å². The van der Waals surface area contributed by atoms with Gasteiger partial charge in [-0.25, -0.2) is 0 Å². The quantitative estimate of drug-likeness (QED) is 0.684. The summed E-state index contributed by atoms with van der Waals surface area (Å²) in [5.41, 5.74) is 0. The van der Waals surface area contributed by atoms with Crippen molar-refractivity contribution in [3.05, 3.63) is 28.1 Å². The molecule has 0 aliphatic carbocycles. The fourth-order valence-corrected chi connectivity index (χ4v) is 3.50. The zero-order valence-electron chi connectivity index (χ0n) is 6.50. The predicted octanol–water partition coefficient (Wildman–Crippen LogP) is 4.39. The van der Waals surface area contributed by atoms with Gasteiger partial charge in [0.05, 0.1) is 0 Å². The molecule has 0 radical (unpaired) electrons. The molecule has 0 saturated carbocycles. The van der Waals surface area contributed by atoms with Gasteiger partial charge in [0, 0.05) is 24.8 Å². The smallest absolute Gasteiger partial charge is 0.0365 e. The normalized spacial score (nSPS) is 10.8. The monoisotopic (exact) mass is 258 g/mol. The van der Waals surface area contributed by atoms with Crippen molar-refractivity contribution in [2.24, 2.45) is 0 Å². The summed E-state index contributed by atoms with van der Waals surface area (Å²) in [6, 6.07) is 6.43. The topological polar surface area (TPSA) is 0 Å². The van der Waals surface area contributed by atoms with Gasteiger partial charge in [-0.05, 0) is 18.4 Å². The van der Waals surface area contributed by atoms with E-state index in [1.165, 1.54) is 15.0 Å². The Hall–Kier alpha value is 0.01000. The molecule has 0 N–H and O–H groups in total. The van der Waals surface area contributed by atoms with Gasteiger partial charge in [-0.3, -0.25) is 0 Å². The van der Waals surface area contributed by atoms with E-state index in [1.54, 1.807) is 23.1 Å². The summed E-state index contributed by atoms with van der Waals surface area (Å²) in [6.07, 6.45) is 2.11. The first-order chi connectivity index (χ1) is 5.81. The summed E-state index contributed by atoms with van der Waals surface area (Å²) >= 11 is 7.07. The van der Waals surface area contributed by atoms with E-state index in [1.807, 2.05) is 0 Å². The fraction of sp³-hybridized carbons (Fsp3) is 0.111. The van der Waals surface area contributed by atoms with Gasteiger partial charge in [-0.1, -0.05) is 22.0 Å². The van der Waals surface area contributed by atoms with E-state index in [9.17, 15) is 0 Å². The highest BCUT2D eigenvalue weighted by Gasteiger charge is 2.01. The number of thioether (sulfide) groups is 1. The molecule has 0 unspecified atom stereocenters. The number of hydrogen-bond acceptors (Lipinski definition) is 2. The Morgan fingerprint density at radius 1 is 1.42 bits per heavy atom. The van der Waals surface area contributed by atoms with Crippen molar-refractivity contribution in [3.63, 3.8) is 0 Å². The molecule has 1 aromatic heterocycles. The maximum Gasteiger partial charge on any atom is 0.0365 e. The van der Waals surface area contributed by atoms with Crippen molar-refractivity contribution >= 4 is 49.1 Å². The Kier molecular flexibility index (Phi) is 2.44. The van der Waals surface area contributed by atoms with Crippen LogP contribution in [0.5, 0.6) is 0 Å². The molecule has 0 fully saturated rings. The molecule has 0 atom stereocenters. The Morgan fingerprint density at radius 2 is 2.25 bits per heavy atom. The lowest BCUT2D eigenvalue weighted by atomic mass is 10.3. The molecule has 0 spiro atoms. The van der Waals surface area contributed by atoms with Crippen LogP contribution in [0.4, 0.5) is 0 Å². The number of hydrogen-bond donors (Lipinski definition) is 0. The molecule has 0 amide bonds. The lowest BCUT2D eigenvalue weighted by Gasteiger charge is -1.93. The van der Waals surface area contributed by atoms with Gasteiger partial charge in [0.25, 0.3) is 0 Å². The van der Waals surface area contributed by atoms with E-state index in [4.69, 9.17) is 0 Å². The number of benzene rings is 1. The summed E-state index contributed by atoms with van der Waals surface area (Å²) in [5.74, 6) is 0. The minimum atomic E-state index is 1.16. The summed E-state index contributed by atoms with van der Waals surface area (Å²) in [6.45, 7) is 0. The maximum atomic E-state index is 3.46. The maximum absolute atomic E-state index is 3.46. The molecule has 12 heavy (non-hydrogen) atoms. The molecule has 0 aliphatic heterocycles. The summed E-state index contributed by atoms with van der Waals surface area (Å²) in [4.78, 5) is 1.38. The summed E-state index contributed by atoms with van der Waals surface area (Å²) in [7, 11) is 0. The molecule has 0 bridgehead atoms. The van der Waals surface area contributed by atoms with Crippen LogP contribution in [-0.4, -0.2) is 6.26 Å². The van der Waals surface area contributed by atoms with E-state index in [0.717, 1.165) is 4.47 Å². The van der Waals surface area contributed by atoms with Crippen molar-refractivity contribution in [1.29, 1.82) is 0 Å². The van der Waals surface area contributed by atoms with Crippen molar-refractivity contribution in [2.75, 3.05) is 6.26 Å². The van der Waals surface area contributed by atoms with Crippen LogP contribution in [0.15, 0.2) is 32.9 Å². The average molecular weight is 259 g/mol. The van der Waals surface area contributed by atoms with Gasteiger partial charge in [0.15, 0.2) is 0 Å². The molecule has 2 rings (SSSR count). The number of rotatable bonds is 1. The lowest BCUT2D eigenvalue weighted by molar-refractivity contribution is 1.65. The van der Waals surface area contributed by atoms with E-state index in [0.29, 0.717) is 0 Å². The molecule has 1 aromatic carbocycles. The third-order valence-corrected chi connectivity index (χ3v) is 4.09. The second-order valence-electron chi connectivity index (χ2n) is 2.44. The zero-order valence-corrected chi connectivity index (χ0v) is 9.72. The highest BCUT2D eigenvalue weighted by atomic mass is 79.9. The Balaban J connectivity index is 2.73. The van der Waals surface area contributed by atoms with Crippen LogP contribution in [0.25, 0.3) is 10.1 Å². The molecule has 62 valence electrons. The number of fused-ring (bicyclic) bond motifs is 1. The van der Waals surface area contributed by atoms with Crippen LogP contribution in [0.2, 0.25) is 0 Å². The van der Waals surface area contributed by atoms with Gasteiger partial charge in [0.2, 0.25) is 0 Å². The first-order valence-electron chi connectivity index (χ1n) is 3.52. The van der Waals surface area contributed by atoms with Crippen molar-refractivity contribution in [1.82, 2.24) is 0 Å². The van der Waals surface area contributed by atoms with Crippen LogP contribution >= 0.6 is 39.0 Å². The molecule has 2 aromatic rings. The summed E-state index contributed by atoms with van der Waals surface area (Å²) < 4.78 is 2.51. The summed E-state index contributed by atoms with van der Waals surface area (Å²) in [5, 5.41) is 3.58. The zero-order chi connectivity index (χ0) is 8.55. The van der Waals surface area contributed by atoms with Gasteiger partial charge < -0.3 is 0 Å². The standard InChI is InChI=1S/C9H7BrS2/c1-11-9-5-12-8-4-6(10)2-3-7(8)9/h2-5H,1H3. The van der Waals surface area contributed by atoms with E-state index in [-0.39, 0.29) is 0 Å². The minimum Gasteiger partial charge on any atom is -0.143 e. The highest BCUT2D eigenvalue weighted by Crippen LogP contribution is 2.33. The van der Waals surface area contributed by atoms with Crippen molar-refractivity contribution in [2.45, 2.75) is 4.90 Å². The molecule has 1 heterocycles. The van der Waals surface area contributed by atoms with Crippen LogP contribution in [0, 0.1) is 0 Å². The van der Waals surface area contributed by atoms with Gasteiger partial charge in [0.1, 0.15) is 0 Å². The highest BCUT2D eigenvalue weighted by molar-refractivity contribution is 9.10. The SMILES string of the molecule is CSc1csc2cc(Br)ccc12. The second kappa shape index (κ2) is 3.40. The van der Waals surface area contributed by atoms with Gasteiger partial charge in [-0.2, -0.15) is 0 Å². The third-order valence-electron chi connectivity index (χ3n) is 1.72. The second-order valence-corrected chi connectivity index (χ2v) is 5.12. The number of halogens is 1. The fourth-order valence-electron chi connectivity index (χ4n) is 1.14. The molecular formula is C9H7BrS2. The first kappa shape index (κ1) is 8.60. The Morgan fingerprint density at radius 3 is 3.00 bits per heavy atom. The van der Waals surface area contributed by atoms with Crippen LogP contribution < -0.4 is 0 Å². The molecule has 0 aliphatic rings. The van der Waals surface area contributed by atoms with Crippen molar-refractivity contribution in [3.8, 4) is 0 Å². The molecule has 0 nitrogen and oxygen atoms in total. The lowest BCUT2D eigenvalue weighted by Crippen LogP contribution is -1.66. The Bertz CT molecular complexity index is 406.